The number of hydrogen-bond donors (Lipinski definition) is 1. The first-order valence-electron chi connectivity index (χ1n) is 6.51. The van der Waals surface area contributed by atoms with E-state index in [2.05, 4.69) is 24.3 Å². The molecule has 0 radical (unpaired) electrons. The number of nitrogens with one attached hydrogen (secondary N) is 1. The molecule has 18 heavy (non-hydrogen) atoms. The second-order valence-electron chi connectivity index (χ2n) is 5.23. The standard InChI is InChI=1S/C13H21N3O2/c1-9(2)7-10-8-12(16(3)15-10)14-13(17)11-5-4-6-18-11/h8-9,11H,4-7H2,1-3H3,(H,14,17)/t11-/m0/s1. The van der Waals surface area contributed by atoms with Gasteiger partial charge in [0.05, 0.1) is 5.69 Å². The van der Waals surface area contributed by atoms with Crippen LogP contribution < -0.4 is 5.32 Å². The van der Waals surface area contributed by atoms with E-state index in [1.54, 1.807) is 4.68 Å². The molecule has 1 fully saturated rings. The molecule has 2 rings (SSSR count). The van der Waals surface area contributed by atoms with Crippen molar-refractivity contribution >= 4 is 11.7 Å². The third kappa shape index (κ3) is 3.10. The largest absolute Gasteiger partial charge is 0.368 e. The minimum atomic E-state index is -0.298. The van der Waals surface area contributed by atoms with Gasteiger partial charge in [0.15, 0.2) is 0 Å². The van der Waals surface area contributed by atoms with Crippen molar-refractivity contribution < 1.29 is 9.53 Å². The first kappa shape index (κ1) is 13.1. The predicted molar refractivity (Wildman–Crippen MR) is 69.4 cm³/mol. The van der Waals surface area contributed by atoms with Crippen LogP contribution in [0.3, 0.4) is 0 Å². The SMILES string of the molecule is CC(C)Cc1cc(NC(=O)[C@@H]2CCCO2)n(C)n1. The van der Waals surface area contributed by atoms with Crippen molar-refractivity contribution in [3.05, 3.63) is 11.8 Å². The first-order valence-corrected chi connectivity index (χ1v) is 6.51. The topological polar surface area (TPSA) is 56.1 Å². The highest BCUT2D eigenvalue weighted by Gasteiger charge is 2.24. The lowest BCUT2D eigenvalue weighted by Gasteiger charge is -2.09. The van der Waals surface area contributed by atoms with Crippen molar-refractivity contribution in [2.75, 3.05) is 11.9 Å². The molecule has 0 unspecified atom stereocenters. The lowest BCUT2D eigenvalue weighted by molar-refractivity contribution is -0.124. The number of amides is 1. The van der Waals surface area contributed by atoms with Gasteiger partial charge in [-0.2, -0.15) is 5.10 Å². The fraction of sp³-hybridized carbons (Fsp3) is 0.692. The molecule has 1 saturated heterocycles. The maximum Gasteiger partial charge on any atom is 0.254 e. The van der Waals surface area contributed by atoms with Crippen LogP contribution in [0.25, 0.3) is 0 Å². The molecule has 1 N–H and O–H groups in total. The predicted octanol–water partition coefficient (Wildman–Crippen LogP) is 1.74. The summed E-state index contributed by atoms with van der Waals surface area (Å²) in [4.78, 5) is 11.9. The highest BCUT2D eigenvalue weighted by atomic mass is 16.5. The highest BCUT2D eigenvalue weighted by Crippen LogP contribution is 2.16. The second-order valence-corrected chi connectivity index (χ2v) is 5.23. The average molecular weight is 251 g/mol. The number of aromatic nitrogens is 2. The van der Waals surface area contributed by atoms with Crippen molar-refractivity contribution in [1.29, 1.82) is 0 Å². The zero-order valence-electron chi connectivity index (χ0n) is 11.3. The van der Waals surface area contributed by atoms with E-state index >= 15 is 0 Å². The van der Waals surface area contributed by atoms with Gasteiger partial charge in [0.25, 0.3) is 5.91 Å². The molecule has 1 aliphatic heterocycles. The van der Waals surface area contributed by atoms with E-state index in [1.807, 2.05) is 13.1 Å². The van der Waals surface area contributed by atoms with E-state index in [9.17, 15) is 4.79 Å². The molecule has 1 aliphatic rings. The fourth-order valence-corrected chi connectivity index (χ4v) is 2.15. The van der Waals surface area contributed by atoms with Gasteiger partial charge in [-0.15, -0.1) is 0 Å². The Morgan fingerprint density at radius 1 is 1.67 bits per heavy atom. The van der Waals surface area contributed by atoms with Crippen LogP contribution in [0, 0.1) is 5.92 Å². The van der Waals surface area contributed by atoms with Gasteiger partial charge in [-0.3, -0.25) is 9.48 Å². The van der Waals surface area contributed by atoms with E-state index in [-0.39, 0.29) is 12.0 Å². The van der Waals surface area contributed by atoms with Crippen molar-refractivity contribution in [3.63, 3.8) is 0 Å². The van der Waals surface area contributed by atoms with Crippen LogP contribution in [0.1, 0.15) is 32.4 Å². The summed E-state index contributed by atoms with van der Waals surface area (Å²) < 4.78 is 7.07. The summed E-state index contributed by atoms with van der Waals surface area (Å²) in [6, 6.07) is 1.94. The molecular formula is C13H21N3O2. The Kier molecular flexibility index (Phi) is 4.01. The number of ether oxygens (including phenoxy) is 1. The van der Waals surface area contributed by atoms with Crippen LogP contribution in [0.2, 0.25) is 0 Å². The number of nitrogens with zero attached hydrogens (tertiary/aromatic N) is 2. The minimum absolute atomic E-state index is 0.0633. The van der Waals surface area contributed by atoms with E-state index < -0.39 is 0 Å². The van der Waals surface area contributed by atoms with Crippen LogP contribution in [0.5, 0.6) is 0 Å². The van der Waals surface area contributed by atoms with Gasteiger partial charge in [0.1, 0.15) is 11.9 Å². The number of aryl methyl sites for hydroxylation is 1. The zero-order chi connectivity index (χ0) is 13.1. The number of hydrogen-bond acceptors (Lipinski definition) is 3. The Balaban J connectivity index is 1.99. The third-order valence-electron chi connectivity index (χ3n) is 3.02. The molecule has 1 atom stereocenters. The normalized spacial score (nSPS) is 19.4. The van der Waals surface area contributed by atoms with Gasteiger partial charge in [-0.25, -0.2) is 0 Å². The summed E-state index contributed by atoms with van der Waals surface area (Å²) in [6.07, 6.45) is 2.39. The molecule has 0 spiro atoms. The number of rotatable bonds is 4. The molecule has 2 heterocycles. The molecular weight excluding hydrogens is 230 g/mol. The van der Waals surface area contributed by atoms with Crippen molar-refractivity contribution in [1.82, 2.24) is 9.78 Å². The molecule has 0 aromatic carbocycles. The summed E-state index contributed by atoms with van der Waals surface area (Å²) in [5.74, 6) is 1.24. The molecule has 0 saturated carbocycles. The van der Waals surface area contributed by atoms with E-state index in [4.69, 9.17) is 4.74 Å². The number of anilines is 1. The molecule has 1 amide bonds. The monoisotopic (exact) mass is 251 g/mol. The van der Waals surface area contributed by atoms with Crippen molar-refractivity contribution in [2.45, 2.75) is 39.2 Å². The number of carbonyl (C=O) groups is 1. The second kappa shape index (κ2) is 5.52. The van der Waals surface area contributed by atoms with Gasteiger partial charge < -0.3 is 10.1 Å². The molecule has 1 aromatic rings. The summed E-state index contributed by atoms with van der Waals surface area (Å²) in [5.41, 5.74) is 1.01. The van der Waals surface area contributed by atoms with E-state index in [1.165, 1.54) is 0 Å². The van der Waals surface area contributed by atoms with Gasteiger partial charge in [-0.05, 0) is 25.2 Å². The van der Waals surface area contributed by atoms with Crippen LogP contribution in [-0.4, -0.2) is 28.4 Å². The van der Waals surface area contributed by atoms with Gasteiger partial charge in [-0.1, -0.05) is 13.8 Å². The zero-order valence-corrected chi connectivity index (χ0v) is 11.3. The molecule has 0 bridgehead atoms. The van der Waals surface area contributed by atoms with Crippen molar-refractivity contribution in [2.24, 2.45) is 13.0 Å². The highest BCUT2D eigenvalue weighted by molar-refractivity contribution is 5.93. The van der Waals surface area contributed by atoms with Crippen LogP contribution >= 0.6 is 0 Å². The Hall–Kier alpha value is -1.36. The Morgan fingerprint density at radius 3 is 3.06 bits per heavy atom. The lowest BCUT2D eigenvalue weighted by Crippen LogP contribution is -2.27. The van der Waals surface area contributed by atoms with Crippen LogP contribution in [0.15, 0.2) is 6.07 Å². The number of carbonyl (C=O) groups excluding carboxylic acids is 1. The lowest BCUT2D eigenvalue weighted by atomic mass is 10.1. The maximum absolute atomic E-state index is 11.9. The van der Waals surface area contributed by atoms with Crippen molar-refractivity contribution in [3.8, 4) is 0 Å². The maximum atomic E-state index is 11.9. The van der Waals surface area contributed by atoms with Crippen LogP contribution in [-0.2, 0) is 23.0 Å². The molecule has 1 aromatic heterocycles. The summed E-state index contributed by atoms with van der Waals surface area (Å²) in [6.45, 7) is 4.99. The van der Waals surface area contributed by atoms with Gasteiger partial charge in [0.2, 0.25) is 0 Å². The minimum Gasteiger partial charge on any atom is -0.368 e. The quantitative estimate of drug-likeness (QED) is 0.886. The van der Waals surface area contributed by atoms with E-state index in [0.29, 0.717) is 12.5 Å². The van der Waals surface area contributed by atoms with Gasteiger partial charge >= 0.3 is 0 Å². The molecule has 5 nitrogen and oxygen atoms in total. The Bertz CT molecular complexity index is 420. The van der Waals surface area contributed by atoms with E-state index in [0.717, 1.165) is 30.8 Å². The summed E-state index contributed by atoms with van der Waals surface area (Å²) in [7, 11) is 1.84. The molecule has 0 aliphatic carbocycles. The smallest absolute Gasteiger partial charge is 0.254 e. The molecule has 5 heteroatoms. The van der Waals surface area contributed by atoms with Crippen LogP contribution in [0.4, 0.5) is 5.82 Å². The molecule has 100 valence electrons. The Labute approximate surface area is 108 Å². The summed E-state index contributed by atoms with van der Waals surface area (Å²) in [5, 5.41) is 7.27. The summed E-state index contributed by atoms with van der Waals surface area (Å²) >= 11 is 0. The fourth-order valence-electron chi connectivity index (χ4n) is 2.15. The third-order valence-corrected chi connectivity index (χ3v) is 3.02. The first-order chi connectivity index (χ1) is 8.56. The Morgan fingerprint density at radius 2 is 2.44 bits per heavy atom. The van der Waals surface area contributed by atoms with Gasteiger partial charge in [0, 0.05) is 19.7 Å². The average Bonchev–Trinajstić information content (AvgIpc) is 2.88.